The summed E-state index contributed by atoms with van der Waals surface area (Å²) < 4.78 is 23.1. The molecule has 0 aliphatic heterocycles. The molecule has 0 saturated heterocycles. The molecule has 2 rings (SSSR count). The minimum atomic E-state index is -0.468. The highest BCUT2D eigenvalue weighted by Gasteiger charge is 2.16. The van der Waals surface area contributed by atoms with Gasteiger partial charge in [-0.25, -0.2) is 9.37 Å². The standard InChI is InChI=1S/C12H10FNO3/c1-7(15)12-11(14-6-17-12)8-3-4-9(13)10(5-8)16-2/h3-6H,1-2H3. The molecular formula is C12H10FNO3. The Morgan fingerprint density at radius 2 is 2.24 bits per heavy atom. The van der Waals surface area contributed by atoms with Gasteiger partial charge in [0.25, 0.3) is 0 Å². The smallest absolute Gasteiger partial charge is 0.197 e. The number of aromatic nitrogens is 1. The van der Waals surface area contributed by atoms with Crippen LogP contribution in [0.3, 0.4) is 0 Å². The molecule has 0 spiro atoms. The fourth-order valence-electron chi connectivity index (χ4n) is 1.51. The van der Waals surface area contributed by atoms with Crippen LogP contribution in [-0.2, 0) is 0 Å². The van der Waals surface area contributed by atoms with Gasteiger partial charge in [-0.1, -0.05) is 0 Å². The third-order valence-corrected chi connectivity index (χ3v) is 2.31. The van der Waals surface area contributed by atoms with Gasteiger partial charge in [-0.3, -0.25) is 4.79 Å². The molecule has 0 amide bonds. The first-order valence-corrected chi connectivity index (χ1v) is 4.92. The maximum absolute atomic E-state index is 13.2. The van der Waals surface area contributed by atoms with E-state index in [1.54, 1.807) is 0 Å². The molecule has 0 atom stereocenters. The zero-order valence-electron chi connectivity index (χ0n) is 9.36. The van der Waals surface area contributed by atoms with Crippen molar-refractivity contribution >= 4 is 5.78 Å². The Labute approximate surface area is 97.0 Å². The average Bonchev–Trinajstić information content (AvgIpc) is 2.78. The second kappa shape index (κ2) is 4.37. The first-order chi connectivity index (χ1) is 8.13. The fraction of sp³-hybridized carbons (Fsp3) is 0.167. The Kier molecular flexibility index (Phi) is 2.91. The summed E-state index contributed by atoms with van der Waals surface area (Å²) in [4.78, 5) is 15.2. The van der Waals surface area contributed by atoms with Crippen LogP contribution in [0.4, 0.5) is 4.39 Å². The van der Waals surface area contributed by atoms with Crippen molar-refractivity contribution in [3.05, 3.63) is 36.2 Å². The van der Waals surface area contributed by atoms with Crippen molar-refractivity contribution in [2.75, 3.05) is 7.11 Å². The molecule has 0 radical (unpaired) electrons. The summed E-state index contributed by atoms with van der Waals surface area (Å²) in [6.45, 7) is 1.38. The van der Waals surface area contributed by atoms with Crippen LogP contribution >= 0.6 is 0 Å². The number of rotatable bonds is 3. The molecule has 0 fully saturated rings. The van der Waals surface area contributed by atoms with Crippen LogP contribution < -0.4 is 4.74 Å². The van der Waals surface area contributed by atoms with E-state index in [-0.39, 0.29) is 17.3 Å². The van der Waals surface area contributed by atoms with Crippen LogP contribution in [0.25, 0.3) is 11.3 Å². The Morgan fingerprint density at radius 1 is 1.47 bits per heavy atom. The van der Waals surface area contributed by atoms with Gasteiger partial charge in [-0.15, -0.1) is 0 Å². The molecule has 88 valence electrons. The minimum absolute atomic E-state index is 0.0972. The second-order valence-corrected chi connectivity index (χ2v) is 3.44. The number of oxazole rings is 1. The van der Waals surface area contributed by atoms with Gasteiger partial charge >= 0.3 is 0 Å². The molecule has 2 aromatic rings. The molecule has 1 heterocycles. The predicted octanol–water partition coefficient (Wildman–Crippen LogP) is 2.69. The molecule has 4 nitrogen and oxygen atoms in total. The van der Waals surface area contributed by atoms with E-state index < -0.39 is 5.82 Å². The van der Waals surface area contributed by atoms with Crippen LogP contribution in [0.1, 0.15) is 17.5 Å². The number of hydrogen-bond acceptors (Lipinski definition) is 4. The van der Waals surface area contributed by atoms with Crippen molar-refractivity contribution in [2.45, 2.75) is 6.92 Å². The number of nitrogens with zero attached hydrogens (tertiary/aromatic N) is 1. The molecule has 0 aliphatic rings. The molecule has 0 saturated carbocycles. The van der Waals surface area contributed by atoms with Gasteiger partial charge in [0.2, 0.25) is 0 Å². The third-order valence-electron chi connectivity index (χ3n) is 2.31. The summed E-state index contributed by atoms with van der Waals surface area (Å²) in [6, 6.07) is 4.24. The van der Waals surface area contributed by atoms with Gasteiger partial charge in [0.15, 0.2) is 29.5 Å². The zero-order chi connectivity index (χ0) is 12.4. The SMILES string of the molecule is COc1cc(-c2ncoc2C(C)=O)ccc1F. The van der Waals surface area contributed by atoms with E-state index in [0.717, 1.165) is 0 Å². The van der Waals surface area contributed by atoms with Gasteiger partial charge in [-0.05, 0) is 18.2 Å². The van der Waals surface area contributed by atoms with E-state index in [4.69, 9.17) is 9.15 Å². The highest BCUT2D eigenvalue weighted by molar-refractivity contribution is 5.97. The average molecular weight is 235 g/mol. The topological polar surface area (TPSA) is 52.3 Å². The number of hydrogen-bond donors (Lipinski definition) is 0. The van der Waals surface area contributed by atoms with Gasteiger partial charge in [0.05, 0.1) is 7.11 Å². The molecule has 1 aromatic heterocycles. The summed E-state index contributed by atoms with van der Waals surface area (Å²) in [6.07, 6.45) is 1.18. The maximum atomic E-state index is 13.2. The normalized spacial score (nSPS) is 10.3. The highest BCUT2D eigenvalue weighted by atomic mass is 19.1. The van der Waals surface area contributed by atoms with E-state index in [1.165, 1.54) is 38.6 Å². The van der Waals surface area contributed by atoms with E-state index >= 15 is 0 Å². The van der Waals surface area contributed by atoms with Crippen LogP contribution in [0.15, 0.2) is 29.0 Å². The minimum Gasteiger partial charge on any atom is -0.494 e. The Balaban J connectivity index is 2.53. The lowest BCUT2D eigenvalue weighted by Crippen LogP contribution is -1.94. The number of methoxy groups -OCH3 is 1. The van der Waals surface area contributed by atoms with Gasteiger partial charge in [-0.2, -0.15) is 0 Å². The quantitative estimate of drug-likeness (QED) is 0.767. The number of Topliss-reactive ketones (excluding diaryl/α,β-unsaturated/α-hetero) is 1. The molecule has 1 aromatic carbocycles. The first-order valence-electron chi connectivity index (χ1n) is 4.92. The van der Waals surface area contributed by atoms with Crippen LogP contribution in [-0.4, -0.2) is 17.9 Å². The monoisotopic (exact) mass is 235 g/mol. The number of ether oxygens (including phenoxy) is 1. The molecule has 0 bridgehead atoms. The van der Waals surface area contributed by atoms with Crippen molar-refractivity contribution < 1.29 is 18.3 Å². The second-order valence-electron chi connectivity index (χ2n) is 3.44. The number of carbonyl (C=O) groups is 1. The summed E-state index contributed by atoms with van der Waals surface area (Å²) in [7, 11) is 1.37. The number of benzene rings is 1. The summed E-state index contributed by atoms with van der Waals surface area (Å²) in [5.41, 5.74) is 0.956. The predicted molar refractivity (Wildman–Crippen MR) is 58.5 cm³/mol. The zero-order valence-corrected chi connectivity index (χ0v) is 9.36. The maximum Gasteiger partial charge on any atom is 0.197 e. The van der Waals surface area contributed by atoms with Crippen molar-refractivity contribution in [3.63, 3.8) is 0 Å². The Morgan fingerprint density at radius 3 is 2.88 bits per heavy atom. The van der Waals surface area contributed by atoms with Crippen molar-refractivity contribution in [2.24, 2.45) is 0 Å². The highest BCUT2D eigenvalue weighted by Crippen LogP contribution is 2.27. The third kappa shape index (κ3) is 2.04. The Hall–Kier alpha value is -2.17. The lowest BCUT2D eigenvalue weighted by Gasteiger charge is -2.04. The van der Waals surface area contributed by atoms with Crippen molar-refractivity contribution in [1.29, 1.82) is 0 Å². The molecular weight excluding hydrogens is 225 g/mol. The first kappa shape index (κ1) is 11.3. The van der Waals surface area contributed by atoms with E-state index in [0.29, 0.717) is 11.3 Å². The Bertz CT molecular complexity index is 563. The lowest BCUT2D eigenvalue weighted by atomic mass is 10.1. The summed E-state index contributed by atoms with van der Waals surface area (Å²) in [5, 5.41) is 0. The van der Waals surface area contributed by atoms with Crippen molar-refractivity contribution in [1.82, 2.24) is 4.98 Å². The van der Waals surface area contributed by atoms with E-state index in [1.807, 2.05) is 0 Å². The van der Waals surface area contributed by atoms with Crippen molar-refractivity contribution in [3.8, 4) is 17.0 Å². The number of ketones is 1. The van der Waals surface area contributed by atoms with Gasteiger partial charge in [0, 0.05) is 12.5 Å². The number of carbonyl (C=O) groups excluding carboxylic acids is 1. The molecule has 0 unspecified atom stereocenters. The van der Waals surface area contributed by atoms with Gasteiger partial charge in [0.1, 0.15) is 5.69 Å². The molecule has 0 N–H and O–H groups in total. The lowest BCUT2D eigenvalue weighted by molar-refractivity contribution is 0.0988. The van der Waals surface area contributed by atoms with Gasteiger partial charge < -0.3 is 9.15 Å². The molecule has 0 aliphatic carbocycles. The molecule has 5 heteroatoms. The number of halogens is 1. The van der Waals surface area contributed by atoms with E-state index in [2.05, 4.69) is 4.98 Å². The van der Waals surface area contributed by atoms with Crippen LogP contribution in [0.2, 0.25) is 0 Å². The van der Waals surface area contributed by atoms with Crippen LogP contribution in [0.5, 0.6) is 5.75 Å². The summed E-state index contributed by atoms with van der Waals surface area (Å²) >= 11 is 0. The van der Waals surface area contributed by atoms with E-state index in [9.17, 15) is 9.18 Å². The fourth-order valence-corrected chi connectivity index (χ4v) is 1.51. The largest absolute Gasteiger partial charge is 0.494 e. The van der Waals surface area contributed by atoms with Crippen LogP contribution in [0, 0.1) is 5.82 Å². The summed E-state index contributed by atoms with van der Waals surface area (Å²) in [5.74, 6) is -0.455. The molecule has 17 heavy (non-hydrogen) atoms.